The van der Waals surface area contributed by atoms with Crippen LogP contribution in [0.5, 0.6) is 5.75 Å². The number of piperidine rings is 1. The molecular weight excluding hydrogens is 336 g/mol. The SMILES string of the molecule is CC1CCCN(C(=O)COc2ccc(-c3ccccc3)cc2CN(C)C)C1. The van der Waals surface area contributed by atoms with Crippen molar-refractivity contribution in [2.75, 3.05) is 33.8 Å². The molecule has 3 rings (SSSR count). The number of hydrogen-bond acceptors (Lipinski definition) is 3. The van der Waals surface area contributed by atoms with E-state index in [-0.39, 0.29) is 12.5 Å². The van der Waals surface area contributed by atoms with Crippen molar-refractivity contribution in [3.8, 4) is 16.9 Å². The minimum atomic E-state index is 0.0875. The molecule has 0 N–H and O–H groups in total. The van der Waals surface area contributed by atoms with Crippen molar-refractivity contribution in [3.63, 3.8) is 0 Å². The molecule has 0 saturated carbocycles. The largest absolute Gasteiger partial charge is 0.483 e. The Labute approximate surface area is 162 Å². The first-order chi connectivity index (χ1) is 13.0. The number of nitrogens with zero attached hydrogens (tertiary/aromatic N) is 2. The van der Waals surface area contributed by atoms with E-state index < -0.39 is 0 Å². The van der Waals surface area contributed by atoms with Gasteiger partial charge in [0.2, 0.25) is 0 Å². The number of amides is 1. The summed E-state index contributed by atoms with van der Waals surface area (Å²) in [5.41, 5.74) is 3.44. The van der Waals surface area contributed by atoms with Crippen LogP contribution in [0.3, 0.4) is 0 Å². The summed E-state index contributed by atoms with van der Waals surface area (Å²) in [6, 6.07) is 16.6. The Balaban J connectivity index is 1.73. The van der Waals surface area contributed by atoms with Gasteiger partial charge in [0, 0.05) is 25.2 Å². The van der Waals surface area contributed by atoms with Crippen LogP contribution in [0.15, 0.2) is 48.5 Å². The van der Waals surface area contributed by atoms with Gasteiger partial charge in [-0.05, 0) is 56.1 Å². The molecule has 2 aromatic carbocycles. The van der Waals surface area contributed by atoms with Crippen molar-refractivity contribution in [3.05, 3.63) is 54.1 Å². The summed E-state index contributed by atoms with van der Waals surface area (Å²) < 4.78 is 5.96. The number of rotatable bonds is 6. The van der Waals surface area contributed by atoms with Gasteiger partial charge in [-0.1, -0.05) is 43.3 Å². The summed E-state index contributed by atoms with van der Waals surface area (Å²) in [5, 5.41) is 0. The van der Waals surface area contributed by atoms with E-state index in [2.05, 4.69) is 36.1 Å². The number of carbonyl (C=O) groups excluding carboxylic acids is 1. The summed E-state index contributed by atoms with van der Waals surface area (Å²) in [6.07, 6.45) is 2.29. The predicted octanol–water partition coefficient (Wildman–Crippen LogP) is 4.05. The fourth-order valence-electron chi connectivity index (χ4n) is 3.64. The van der Waals surface area contributed by atoms with Crippen LogP contribution in [-0.2, 0) is 11.3 Å². The highest BCUT2D eigenvalue weighted by atomic mass is 16.5. The van der Waals surface area contributed by atoms with E-state index in [9.17, 15) is 4.79 Å². The molecule has 1 unspecified atom stereocenters. The highest BCUT2D eigenvalue weighted by molar-refractivity contribution is 5.78. The molecule has 2 aromatic rings. The highest BCUT2D eigenvalue weighted by Crippen LogP contribution is 2.28. The molecule has 1 heterocycles. The third-order valence-corrected chi connectivity index (χ3v) is 5.02. The smallest absolute Gasteiger partial charge is 0.260 e. The second-order valence-corrected chi connectivity index (χ2v) is 7.80. The van der Waals surface area contributed by atoms with E-state index >= 15 is 0 Å². The maximum atomic E-state index is 12.5. The van der Waals surface area contributed by atoms with Crippen molar-refractivity contribution >= 4 is 5.91 Å². The molecule has 0 bridgehead atoms. The van der Waals surface area contributed by atoms with Crippen LogP contribution in [0.25, 0.3) is 11.1 Å². The normalized spacial score (nSPS) is 17.2. The summed E-state index contributed by atoms with van der Waals surface area (Å²) in [7, 11) is 4.08. The van der Waals surface area contributed by atoms with Gasteiger partial charge in [0.1, 0.15) is 5.75 Å². The van der Waals surface area contributed by atoms with Crippen molar-refractivity contribution in [2.24, 2.45) is 5.92 Å². The molecule has 27 heavy (non-hydrogen) atoms. The fraction of sp³-hybridized carbons (Fsp3) is 0.435. The zero-order valence-corrected chi connectivity index (χ0v) is 16.6. The van der Waals surface area contributed by atoms with Crippen LogP contribution in [0.4, 0.5) is 0 Å². The monoisotopic (exact) mass is 366 g/mol. The molecule has 1 saturated heterocycles. The lowest BCUT2D eigenvalue weighted by atomic mass is 10.0. The molecule has 1 atom stereocenters. The molecule has 1 aliphatic heterocycles. The van der Waals surface area contributed by atoms with E-state index in [0.717, 1.165) is 42.9 Å². The van der Waals surface area contributed by atoms with Gasteiger partial charge in [-0.2, -0.15) is 0 Å². The second-order valence-electron chi connectivity index (χ2n) is 7.80. The van der Waals surface area contributed by atoms with Gasteiger partial charge in [-0.25, -0.2) is 0 Å². The van der Waals surface area contributed by atoms with Gasteiger partial charge in [0.25, 0.3) is 5.91 Å². The summed E-state index contributed by atoms with van der Waals surface area (Å²) in [4.78, 5) is 16.6. The Hall–Kier alpha value is -2.33. The quantitative estimate of drug-likeness (QED) is 0.773. The van der Waals surface area contributed by atoms with E-state index in [1.54, 1.807) is 0 Å². The van der Waals surface area contributed by atoms with Gasteiger partial charge in [-0.15, -0.1) is 0 Å². The lowest BCUT2D eigenvalue weighted by Gasteiger charge is -2.31. The molecule has 1 fully saturated rings. The minimum absolute atomic E-state index is 0.0875. The van der Waals surface area contributed by atoms with Crippen molar-refractivity contribution in [1.29, 1.82) is 0 Å². The van der Waals surface area contributed by atoms with Gasteiger partial charge < -0.3 is 14.5 Å². The first-order valence-corrected chi connectivity index (χ1v) is 9.76. The van der Waals surface area contributed by atoms with Crippen LogP contribution in [-0.4, -0.2) is 49.5 Å². The number of ether oxygens (including phenoxy) is 1. The molecule has 4 nitrogen and oxygen atoms in total. The van der Waals surface area contributed by atoms with Gasteiger partial charge in [0.05, 0.1) is 0 Å². The zero-order chi connectivity index (χ0) is 19.2. The van der Waals surface area contributed by atoms with Gasteiger partial charge in [-0.3, -0.25) is 4.79 Å². The summed E-state index contributed by atoms with van der Waals surface area (Å²) >= 11 is 0. The third-order valence-electron chi connectivity index (χ3n) is 5.02. The average molecular weight is 367 g/mol. The van der Waals surface area contributed by atoms with Crippen LogP contribution in [0.1, 0.15) is 25.3 Å². The average Bonchev–Trinajstić information content (AvgIpc) is 2.67. The lowest BCUT2D eigenvalue weighted by Crippen LogP contribution is -2.41. The van der Waals surface area contributed by atoms with Gasteiger partial charge >= 0.3 is 0 Å². The molecule has 1 amide bonds. The Kier molecular flexibility index (Phi) is 6.51. The summed E-state index contributed by atoms with van der Waals surface area (Å²) in [6.45, 7) is 4.78. The van der Waals surface area contributed by atoms with Crippen LogP contribution in [0.2, 0.25) is 0 Å². The predicted molar refractivity (Wildman–Crippen MR) is 110 cm³/mol. The number of hydrogen-bond donors (Lipinski definition) is 0. The standard InChI is InChI=1S/C23H30N2O2/c1-18-8-7-13-25(15-18)23(26)17-27-22-12-11-20(14-21(22)16-24(2)3)19-9-5-4-6-10-19/h4-6,9-12,14,18H,7-8,13,15-17H2,1-3H3. The molecule has 0 aromatic heterocycles. The number of benzene rings is 2. The van der Waals surface area contributed by atoms with Crippen LogP contribution >= 0.6 is 0 Å². The number of carbonyl (C=O) groups is 1. The fourth-order valence-corrected chi connectivity index (χ4v) is 3.64. The maximum absolute atomic E-state index is 12.5. The second kappa shape index (κ2) is 9.05. The molecule has 1 aliphatic rings. The summed E-state index contributed by atoms with van der Waals surface area (Å²) in [5.74, 6) is 1.46. The van der Waals surface area contributed by atoms with Crippen molar-refractivity contribution in [2.45, 2.75) is 26.3 Å². The Morgan fingerprint density at radius 1 is 1.15 bits per heavy atom. The molecule has 0 radical (unpaired) electrons. The van der Waals surface area contributed by atoms with Gasteiger partial charge in [0.15, 0.2) is 6.61 Å². The third kappa shape index (κ3) is 5.33. The number of likely N-dealkylation sites (tertiary alicyclic amines) is 1. The molecule has 0 spiro atoms. The molecule has 0 aliphatic carbocycles. The molecule has 4 heteroatoms. The van der Waals surface area contributed by atoms with Crippen LogP contribution in [0, 0.1) is 5.92 Å². The zero-order valence-electron chi connectivity index (χ0n) is 16.6. The topological polar surface area (TPSA) is 32.8 Å². The van der Waals surface area contributed by atoms with E-state index in [0.29, 0.717) is 5.92 Å². The lowest BCUT2D eigenvalue weighted by molar-refractivity contribution is -0.135. The maximum Gasteiger partial charge on any atom is 0.260 e. The molecular formula is C23H30N2O2. The first kappa shape index (κ1) is 19.4. The molecule has 144 valence electrons. The van der Waals surface area contributed by atoms with Crippen molar-refractivity contribution < 1.29 is 9.53 Å². The Morgan fingerprint density at radius 2 is 1.93 bits per heavy atom. The van der Waals surface area contributed by atoms with E-state index in [1.165, 1.54) is 12.0 Å². The minimum Gasteiger partial charge on any atom is -0.483 e. The van der Waals surface area contributed by atoms with E-state index in [4.69, 9.17) is 4.74 Å². The van der Waals surface area contributed by atoms with Crippen molar-refractivity contribution in [1.82, 2.24) is 9.80 Å². The highest BCUT2D eigenvalue weighted by Gasteiger charge is 2.21. The Morgan fingerprint density at radius 3 is 2.63 bits per heavy atom. The first-order valence-electron chi connectivity index (χ1n) is 9.76. The Bertz CT molecular complexity index is 758. The van der Waals surface area contributed by atoms with E-state index in [1.807, 2.05) is 43.3 Å². The van der Waals surface area contributed by atoms with Crippen LogP contribution < -0.4 is 4.74 Å².